The Morgan fingerprint density at radius 2 is 1.72 bits per heavy atom. The molecule has 0 aliphatic heterocycles. The van der Waals surface area contributed by atoms with Gasteiger partial charge >= 0.3 is 5.43 Å². The van der Waals surface area contributed by atoms with Crippen molar-refractivity contribution in [3.05, 3.63) is 59.2 Å². The van der Waals surface area contributed by atoms with E-state index in [1.807, 2.05) is 24.3 Å². The fourth-order valence-corrected chi connectivity index (χ4v) is 3.31. The average Bonchev–Trinajstić information content (AvgIpc) is 2.68. The Hall–Kier alpha value is -1.80. The molecule has 0 spiro atoms. The third-order valence-electron chi connectivity index (χ3n) is 3.87. The van der Waals surface area contributed by atoms with E-state index in [9.17, 15) is 4.79 Å². The standard InChI is InChI=1S/C15H9ClO2/c16-15(17)18-14-11-7-3-6-9-8-4-1-2-5-10(8)13(14)12(9)11/h1-7,13-14H. The van der Waals surface area contributed by atoms with Crippen LogP contribution in [0.5, 0.6) is 0 Å². The van der Waals surface area contributed by atoms with Gasteiger partial charge in [0.15, 0.2) is 0 Å². The molecular weight excluding hydrogens is 248 g/mol. The average molecular weight is 257 g/mol. The van der Waals surface area contributed by atoms with Gasteiger partial charge in [-0.1, -0.05) is 42.5 Å². The lowest BCUT2D eigenvalue weighted by Crippen LogP contribution is -2.26. The Morgan fingerprint density at radius 1 is 1.00 bits per heavy atom. The third kappa shape index (κ3) is 1.11. The van der Waals surface area contributed by atoms with Crippen molar-refractivity contribution in [3.63, 3.8) is 0 Å². The van der Waals surface area contributed by atoms with Crippen molar-refractivity contribution in [2.24, 2.45) is 0 Å². The van der Waals surface area contributed by atoms with Crippen LogP contribution in [0.3, 0.4) is 0 Å². The number of carbonyl (C=O) groups is 1. The summed E-state index contributed by atoms with van der Waals surface area (Å²) in [5.74, 6) is 0.162. The van der Waals surface area contributed by atoms with Crippen molar-refractivity contribution in [1.82, 2.24) is 0 Å². The van der Waals surface area contributed by atoms with Gasteiger partial charge in [-0.05, 0) is 27.8 Å². The maximum atomic E-state index is 11.0. The van der Waals surface area contributed by atoms with Crippen LogP contribution in [-0.2, 0) is 4.74 Å². The van der Waals surface area contributed by atoms with Gasteiger partial charge in [-0.15, -0.1) is 0 Å². The van der Waals surface area contributed by atoms with Crippen molar-refractivity contribution in [2.75, 3.05) is 0 Å². The van der Waals surface area contributed by atoms with Gasteiger partial charge < -0.3 is 4.74 Å². The minimum Gasteiger partial charge on any atom is -0.444 e. The van der Waals surface area contributed by atoms with Crippen molar-refractivity contribution < 1.29 is 9.53 Å². The van der Waals surface area contributed by atoms with E-state index in [1.165, 1.54) is 22.3 Å². The monoisotopic (exact) mass is 256 g/mol. The number of hydrogen-bond donors (Lipinski definition) is 0. The molecule has 2 aromatic carbocycles. The molecule has 0 saturated heterocycles. The van der Waals surface area contributed by atoms with Crippen LogP contribution in [0.4, 0.5) is 4.79 Å². The SMILES string of the molecule is O=C(Cl)OC1c2cccc3c2C1c1ccccc1-3. The second-order valence-corrected chi connectivity index (χ2v) is 4.96. The first-order chi connectivity index (χ1) is 8.77. The van der Waals surface area contributed by atoms with E-state index in [0.717, 1.165) is 5.56 Å². The van der Waals surface area contributed by atoms with Crippen LogP contribution >= 0.6 is 11.6 Å². The Bertz CT molecular complexity index is 678. The van der Waals surface area contributed by atoms with Crippen LogP contribution in [0.1, 0.15) is 28.7 Å². The van der Waals surface area contributed by atoms with Gasteiger partial charge in [-0.3, -0.25) is 0 Å². The number of carbonyl (C=O) groups excluding carboxylic acids is 1. The summed E-state index contributed by atoms with van der Waals surface area (Å²) in [4.78, 5) is 11.0. The summed E-state index contributed by atoms with van der Waals surface area (Å²) in [6.45, 7) is 0. The van der Waals surface area contributed by atoms with Crippen LogP contribution in [0.25, 0.3) is 11.1 Å². The second-order valence-electron chi connectivity index (χ2n) is 4.65. The van der Waals surface area contributed by atoms with Crippen molar-refractivity contribution >= 4 is 17.0 Å². The number of rotatable bonds is 1. The Balaban J connectivity index is 1.93. The van der Waals surface area contributed by atoms with Crippen molar-refractivity contribution in [1.29, 1.82) is 0 Å². The number of benzene rings is 2. The van der Waals surface area contributed by atoms with E-state index >= 15 is 0 Å². The second kappa shape index (κ2) is 3.36. The quantitative estimate of drug-likeness (QED) is 0.714. The summed E-state index contributed by atoms with van der Waals surface area (Å²) >= 11 is 5.36. The van der Waals surface area contributed by atoms with Crippen LogP contribution in [-0.4, -0.2) is 5.43 Å². The summed E-state index contributed by atoms with van der Waals surface area (Å²) in [6, 6.07) is 14.4. The molecule has 0 fully saturated rings. The molecule has 0 amide bonds. The molecule has 2 aliphatic carbocycles. The first-order valence-electron chi connectivity index (χ1n) is 5.85. The van der Waals surface area contributed by atoms with E-state index in [0.29, 0.717) is 0 Å². The third-order valence-corrected chi connectivity index (χ3v) is 3.95. The molecule has 3 heteroatoms. The molecule has 4 rings (SSSR count). The number of halogens is 1. The normalized spacial score (nSPS) is 21.8. The van der Waals surface area contributed by atoms with Crippen LogP contribution in [0.2, 0.25) is 0 Å². The smallest absolute Gasteiger partial charge is 0.404 e. The number of hydrogen-bond acceptors (Lipinski definition) is 2. The summed E-state index contributed by atoms with van der Waals surface area (Å²) < 4.78 is 5.23. The fraction of sp³-hybridized carbons (Fsp3) is 0.133. The predicted octanol–water partition coefficient (Wildman–Crippen LogP) is 4.23. The van der Waals surface area contributed by atoms with Crippen LogP contribution in [0.15, 0.2) is 42.5 Å². The lowest BCUT2D eigenvalue weighted by molar-refractivity contribution is 0.0957. The fourth-order valence-electron chi connectivity index (χ4n) is 3.21. The van der Waals surface area contributed by atoms with Crippen LogP contribution in [0, 0.1) is 0 Å². The first kappa shape index (κ1) is 10.2. The zero-order valence-electron chi connectivity index (χ0n) is 9.39. The highest BCUT2D eigenvalue weighted by Crippen LogP contribution is 2.60. The minimum absolute atomic E-state index is 0.162. The van der Waals surface area contributed by atoms with Crippen molar-refractivity contribution in [2.45, 2.75) is 12.0 Å². The molecule has 2 atom stereocenters. The van der Waals surface area contributed by atoms with Gasteiger partial charge in [0.05, 0.1) is 5.92 Å². The summed E-state index contributed by atoms with van der Waals surface area (Å²) in [5.41, 5.74) is 5.38. The summed E-state index contributed by atoms with van der Waals surface area (Å²) in [7, 11) is 0. The molecule has 0 saturated carbocycles. The largest absolute Gasteiger partial charge is 0.444 e. The van der Waals surface area contributed by atoms with Crippen LogP contribution < -0.4 is 0 Å². The predicted molar refractivity (Wildman–Crippen MR) is 68.8 cm³/mol. The van der Waals surface area contributed by atoms with Gasteiger partial charge in [0.25, 0.3) is 0 Å². The molecule has 2 nitrogen and oxygen atoms in total. The number of ether oxygens (including phenoxy) is 1. The first-order valence-corrected chi connectivity index (χ1v) is 6.23. The van der Waals surface area contributed by atoms with E-state index in [-0.39, 0.29) is 12.0 Å². The maximum absolute atomic E-state index is 11.0. The molecule has 88 valence electrons. The molecule has 0 N–H and O–H groups in total. The Morgan fingerprint density at radius 3 is 2.56 bits per heavy atom. The van der Waals surface area contributed by atoms with Gasteiger partial charge in [-0.2, -0.15) is 0 Å². The lowest BCUT2D eigenvalue weighted by atomic mass is 9.74. The maximum Gasteiger partial charge on any atom is 0.404 e. The minimum atomic E-state index is -0.736. The van der Waals surface area contributed by atoms with Gasteiger partial charge in [0.1, 0.15) is 6.10 Å². The molecule has 18 heavy (non-hydrogen) atoms. The Kier molecular flexibility index (Phi) is 1.90. The Labute approximate surface area is 109 Å². The number of fused-ring (bicyclic) bond motifs is 3. The van der Waals surface area contributed by atoms with Gasteiger partial charge in [0.2, 0.25) is 0 Å². The van der Waals surface area contributed by atoms with E-state index in [2.05, 4.69) is 18.2 Å². The van der Waals surface area contributed by atoms with Gasteiger partial charge in [-0.25, -0.2) is 4.79 Å². The highest BCUT2D eigenvalue weighted by molar-refractivity contribution is 6.61. The molecular formula is C15H9ClO2. The highest BCUT2D eigenvalue weighted by Gasteiger charge is 2.47. The van der Waals surface area contributed by atoms with Gasteiger partial charge in [0, 0.05) is 11.6 Å². The zero-order valence-corrected chi connectivity index (χ0v) is 10.1. The molecule has 0 radical (unpaired) electrons. The molecule has 0 heterocycles. The topological polar surface area (TPSA) is 26.3 Å². The van der Waals surface area contributed by atoms with E-state index in [1.54, 1.807) is 0 Å². The molecule has 0 aromatic heterocycles. The van der Waals surface area contributed by atoms with Crippen molar-refractivity contribution in [3.8, 4) is 11.1 Å². The molecule has 2 aliphatic rings. The molecule has 2 unspecified atom stereocenters. The van der Waals surface area contributed by atoms with E-state index < -0.39 is 5.43 Å². The highest BCUT2D eigenvalue weighted by atomic mass is 35.5. The molecule has 0 bridgehead atoms. The summed E-state index contributed by atoms with van der Waals surface area (Å²) in [5, 5.41) is 0. The lowest BCUT2D eigenvalue weighted by Gasteiger charge is -2.36. The summed E-state index contributed by atoms with van der Waals surface area (Å²) in [6.07, 6.45) is -0.228. The zero-order chi connectivity index (χ0) is 12.3. The molecule has 2 aromatic rings. The van der Waals surface area contributed by atoms with E-state index in [4.69, 9.17) is 16.3 Å².